The Bertz CT molecular complexity index is 205. The molecule has 0 bridgehead atoms. The molecule has 3 N–H and O–H groups in total. The molecule has 3 nitrogen and oxygen atoms in total. The number of aliphatic imine (C=N–C) groups is 1. The van der Waals surface area contributed by atoms with Crippen LogP contribution in [0.5, 0.6) is 0 Å². The van der Waals surface area contributed by atoms with Crippen molar-refractivity contribution in [2.75, 3.05) is 13.1 Å². The maximum Gasteiger partial charge on any atom is 0.188 e. The molecule has 0 radical (unpaired) electrons. The van der Waals surface area contributed by atoms with E-state index in [4.69, 9.17) is 5.73 Å². The van der Waals surface area contributed by atoms with Crippen molar-refractivity contribution in [2.24, 2.45) is 22.6 Å². The first-order chi connectivity index (χ1) is 7.72. The molecule has 0 aromatic heterocycles. The molecule has 1 fully saturated rings. The molecule has 3 heteroatoms. The summed E-state index contributed by atoms with van der Waals surface area (Å²) in [7, 11) is 0. The largest absolute Gasteiger partial charge is 0.370 e. The molecule has 16 heavy (non-hydrogen) atoms. The van der Waals surface area contributed by atoms with Crippen molar-refractivity contribution < 1.29 is 0 Å². The van der Waals surface area contributed by atoms with Gasteiger partial charge in [0.25, 0.3) is 0 Å². The van der Waals surface area contributed by atoms with Gasteiger partial charge in [0.05, 0.1) is 0 Å². The van der Waals surface area contributed by atoms with Crippen LogP contribution in [0.4, 0.5) is 0 Å². The monoisotopic (exact) mass is 225 g/mol. The zero-order chi connectivity index (χ0) is 11.8. The fraction of sp³-hybridized carbons (Fsp3) is 0.923. The number of hydrogen-bond acceptors (Lipinski definition) is 1. The molecule has 0 amide bonds. The van der Waals surface area contributed by atoms with Crippen LogP contribution in [0.1, 0.15) is 52.4 Å². The summed E-state index contributed by atoms with van der Waals surface area (Å²) < 4.78 is 0. The SMILES string of the molecule is CCCN=C(N)NCCC1CCC(C)CC1. The van der Waals surface area contributed by atoms with Gasteiger partial charge < -0.3 is 11.1 Å². The van der Waals surface area contributed by atoms with Crippen molar-refractivity contribution in [1.82, 2.24) is 5.32 Å². The maximum absolute atomic E-state index is 5.74. The van der Waals surface area contributed by atoms with Crippen molar-refractivity contribution in [3.63, 3.8) is 0 Å². The lowest BCUT2D eigenvalue weighted by Crippen LogP contribution is -2.33. The van der Waals surface area contributed by atoms with Crippen LogP contribution in [0, 0.1) is 11.8 Å². The first kappa shape index (κ1) is 13.3. The molecule has 0 aromatic rings. The second kappa shape index (κ2) is 7.53. The van der Waals surface area contributed by atoms with E-state index in [0.717, 1.165) is 31.3 Å². The average molecular weight is 225 g/mol. The Balaban J connectivity index is 2.06. The second-order valence-electron chi connectivity index (χ2n) is 5.11. The predicted octanol–water partition coefficient (Wildman–Crippen LogP) is 2.52. The summed E-state index contributed by atoms with van der Waals surface area (Å²) in [6.07, 6.45) is 7.91. The highest BCUT2D eigenvalue weighted by molar-refractivity contribution is 5.77. The Labute approximate surface area is 99.9 Å². The van der Waals surface area contributed by atoms with Crippen molar-refractivity contribution in [3.8, 4) is 0 Å². The lowest BCUT2D eigenvalue weighted by atomic mass is 9.81. The Morgan fingerprint density at radius 1 is 1.31 bits per heavy atom. The molecule has 94 valence electrons. The van der Waals surface area contributed by atoms with E-state index in [2.05, 4.69) is 24.2 Å². The van der Waals surface area contributed by atoms with Gasteiger partial charge in [0, 0.05) is 13.1 Å². The lowest BCUT2D eigenvalue weighted by molar-refractivity contribution is 0.278. The van der Waals surface area contributed by atoms with E-state index >= 15 is 0 Å². The molecule has 0 saturated heterocycles. The van der Waals surface area contributed by atoms with Gasteiger partial charge in [0.2, 0.25) is 0 Å². The average Bonchev–Trinajstić information content (AvgIpc) is 2.29. The molecule has 1 aliphatic carbocycles. The minimum atomic E-state index is 0.617. The van der Waals surface area contributed by atoms with Crippen molar-refractivity contribution in [3.05, 3.63) is 0 Å². The van der Waals surface area contributed by atoms with Crippen molar-refractivity contribution in [2.45, 2.75) is 52.4 Å². The second-order valence-corrected chi connectivity index (χ2v) is 5.11. The Morgan fingerprint density at radius 2 is 2.00 bits per heavy atom. The number of hydrogen-bond donors (Lipinski definition) is 2. The maximum atomic E-state index is 5.74. The molecule has 0 atom stereocenters. The first-order valence-electron chi connectivity index (χ1n) is 6.76. The summed E-state index contributed by atoms with van der Waals surface area (Å²) >= 11 is 0. The van der Waals surface area contributed by atoms with Crippen LogP contribution in [-0.4, -0.2) is 19.0 Å². The molecule has 1 saturated carbocycles. The van der Waals surface area contributed by atoms with Gasteiger partial charge in [0.1, 0.15) is 0 Å². The third kappa shape index (κ3) is 5.38. The molecular formula is C13H27N3. The van der Waals surface area contributed by atoms with Crippen molar-refractivity contribution in [1.29, 1.82) is 0 Å². The van der Waals surface area contributed by atoms with E-state index in [-0.39, 0.29) is 0 Å². The van der Waals surface area contributed by atoms with Crippen LogP contribution >= 0.6 is 0 Å². The summed E-state index contributed by atoms with van der Waals surface area (Å²) in [5.74, 6) is 2.47. The molecule has 1 aliphatic rings. The van der Waals surface area contributed by atoms with Crippen LogP contribution in [0.3, 0.4) is 0 Å². The number of guanidine groups is 1. The van der Waals surface area contributed by atoms with Gasteiger partial charge in [0.15, 0.2) is 5.96 Å². The summed E-state index contributed by atoms with van der Waals surface area (Å²) in [5.41, 5.74) is 5.74. The van der Waals surface area contributed by atoms with Crippen LogP contribution in [-0.2, 0) is 0 Å². The smallest absolute Gasteiger partial charge is 0.188 e. The van der Waals surface area contributed by atoms with Gasteiger partial charge in [-0.05, 0) is 24.7 Å². The minimum Gasteiger partial charge on any atom is -0.370 e. The number of nitrogens with zero attached hydrogens (tertiary/aromatic N) is 1. The molecule has 1 rings (SSSR count). The molecular weight excluding hydrogens is 198 g/mol. The van der Waals surface area contributed by atoms with E-state index in [1.165, 1.54) is 32.1 Å². The van der Waals surface area contributed by atoms with E-state index in [1.54, 1.807) is 0 Å². The third-order valence-electron chi connectivity index (χ3n) is 3.50. The Kier molecular flexibility index (Phi) is 6.27. The fourth-order valence-electron chi connectivity index (χ4n) is 2.31. The van der Waals surface area contributed by atoms with E-state index in [9.17, 15) is 0 Å². The Hall–Kier alpha value is -0.730. The zero-order valence-corrected chi connectivity index (χ0v) is 10.8. The molecule has 0 spiro atoms. The van der Waals surface area contributed by atoms with Gasteiger partial charge >= 0.3 is 0 Å². The normalized spacial score (nSPS) is 26.8. The van der Waals surface area contributed by atoms with Gasteiger partial charge in [-0.15, -0.1) is 0 Å². The molecule has 0 aliphatic heterocycles. The summed E-state index contributed by atoms with van der Waals surface area (Å²) in [6, 6.07) is 0. The predicted molar refractivity (Wildman–Crippen MR) is 70.5 cm³/mol. The van der Waals surface area contributed by atoms with Crippen molar-refractivity contribution >= 4 is 5.96 Å². The summed E-state index contributed by atoms with van der Waals surface area (Å²) in [6.45, 7) is 6.29. The summed E-state index contributed by atoms with van der Waals surface area (Å²) in [4.78, 5) is 4.22. The fourth-order valence-corrected chi connectivity index (χ4v) is 2.31. The molecule has 0 unspecified atom stereocenters. The van der Waals surface area contributed by atoms with Crippen LogP contribution < -0.4 is 11.1 Å². The molecule has 0 aromatic carbocycles. The van der Waals surface area contributed by atoms with E-state index < -0.39 is 0 Å². The topological polar surface area (TPSA) is 50.4 Å². The number of nitrogens with one attached hydrogen (secondary N) is 1. The first-order valence-corrected chi connectivity index (χ1v) is 6.76. The van der Waals surface area contributed by atoms with Gasteiger partial charge in [-0.1, -0.05) is 39.5 Å². The van der Waals surface area contributed by atoms with Crippen LogP contribution in [0.25, 0.3) is 0 Å². The minimum absolute atomic E-state index is 0.617. The Morgan fingerprint density at radius 3 is 2.62 bits per heavy atom. The highest BCUT2D eigenvalue weighted by Gasteiger charge is 2.17. The number of nitrogens with two attached hydrogens (primary N) is 1. The summed E-state index contributed by atoms with van der Waals surface area (Å²) in [5, 5.41) is 3.20. The standard InChI is InChI=1S/C13H27N3/c1-3-9-15-13(14)16-10-8-12-6-4-11(2)5-7-12/h11-12H,3-10H2,1-2H3,(H3,14,15,16). The number of rotatable bonds is 5. The molecule has 0 heterocycles. The van der Waals surface area contributed by atoms with Gasteiger partial charge in [-0.25, -0.2) is 0 Å². The van der Waals surface area contributed by atoms with E-state index in [0.29, 0.717) is 5.96 Å². The zero-order valence-electron chi connectivity index (χ0n) is 10.8. The highest BCUT2D eigenvalue weighted by atomic mass is 15.1. The van der Waals surface area contributed by atoms with Crippen LogP contribution in [0.15, 0.2) is 4.99 Å². The highest BCUT2D eigenvalue weighted by Crippen LogP contribution is 2.29. The van der Waals surface area contributed by atoms with Gasteiger partial charge in [-0.3, -0.25) is 4.99 Å². The van der Waals surface area contributed by atoms with Crippen LogP contribution in [0.2, 0.25) is 0 Å². The van der Waals surface area contributed by atoms with E-state index in [1.807, 2.05) is 0 Å². The lowest BCUT2D eigenvalue weighted by Gasteiger charge is -2.26. The third-order valence-corrected chi connectivity index (χ3v) is 3.50. The van der Waals surface area contributed by atoms with Gasteiger partial charge in [-0.2, -0.15) is 0 Å². The quantitative estimate of drug-likeness (QED) is 0.558.